The van der Waals surface area contributed by atoms with Crippen molar-refractivity contribution in [3.05, 3.63) is 47.0 Å². The maximum Gasteiger partial charge on any atom is 0.310 e. The second-order valence-electron chi connectivity index (χ2n) is 6.93. The van der Waals surface area contributed by atoms with Crippen LogP contribution in [-0.2, 0) is 27.5 Å². The van der Waals surface area contributed by atoms with Crippen molar-refractivity contribution in [1.29, 1.82) is 0 Å². The minimum Gasteiger partial charge on any atom is -0.461 e. The highest BCUT2D eigenvalue weighted by Gasteiger charge is 2.61. The predicted molar refractivity (Wildman–Crippen MR) is 87.1 cm³/mol. The zero-order chi connectivity index (χ0) is 16.3. The Balaban J connectivity index is 1.89. The van der Waals surface area contributed by atoms with E-state index in [-0.39, 0.29) is 17.3 Å². The Morgan fingerprint density at radius 2 is 1.68 bits per heavy atom. The van der Waals surface area contributed by atoms with Gasteiger partial charge >= 0.3 is 5.97 Å². The van der Waals surface area contributed by atoms with Gasteiger partial charge in [0.25, 0.3) is 0 Å². The Labute approximate surface area is 133 Å². The molecule has 0 N–H and O–H groups in total. The van der Waals surface area contributed by atoms with Crippen molar-refractivity contribution in [2.45, 2.75) is 40.9 Å². The van der Waals surface area contributed by atoms with E-state index in [0.717, 1.165) is 11.1 Å². The molecule has 3 nitrogen and oxygen atoms in total. The van der Waals surface area contributed by atoms with E-state index in [1.807, 2.05) is 24.3 Å². The molecule has 0 aliphatic heterocycles. The van der Waals surface area contributed by atoms with Crippen molar-refractivity contribution >= 4 is 5.97 Å². The number of hydrogen-bond acceptors (Lipinski definition) is 3. The van der Waals surface area contributed by atoms with Gasteiger partial charge in [0.05, 0.1) is 12.5 Å². The molecule has 0 saturated heterocycles. The van der Waals surface area contributed by atoms with Crippen molar-refractivity contribution in [3.63, 3.8) is 0 Å². The van der Waals surface area contributed by atoms with Gasteiger partial charge in [0.1, 0.15) is 6.61 Å². The van der Waals surface area contributed by atoms with Crippen LogP contribution in [0.1, 0.15) is 38.8 Å². The zero-order valence-electron chi connectivity index (χ0n) is 14.2. The van der Waals surface area contributed by atoms with Gasteiger partial charge in [0.2, 0.25) is 0 Å². The molecule has 1 saturated carbocycles. The number of benzene rings is 1. The molecule has 0 bridgehead atoms. The standard InChI is InChI=1S/C19H26O3/c1-13(2)10-16-17(19(16,3)4)18(20)22-12-15-8-6-14(7-9-15)11-21-5/h6-10,16-17H,11-12H2,1-5H3/t16-,17+/m0/s1. The predicted octanol–water partition coefficient (Wildman–Crippen LogP) is 4.11. The highest BCUT2D eigenvalue weighted by molar-refractivity contribution is 5.78. The van der Waals surface area contributed by atoms with Crippen molar-refractivity contribution < 1.29 is 14.3 Å². The minimum atomic E-state index is -0.0894. The summed E-state index contributed by atoms with van der Waals surface area (Å²) in [7, 11) is 1.68. The summed E-state index contributed by atoms with van der Waals surface area (Å²) >= 11 is 0. The monoisotopic (exact) mass is 302 g/mol. The van der Waals surface area contributed by atoms with Crippen LogP contribution in [0.5, 0.6) is 0 Å². The van der Waals surface area contributed by atoms with E-state index in [0.29, 0.717) is 19.1 Å². The molecule has 0 amide bonds. The molecule has 3 heteroatoms. The first-order chi connectivity index (χ1) is 10.4. The van der Waals surface area contributed by atoms with Gasteiger partial charge in [-0.3, -0.25) is 4.79 Å². The fraction of sp³-hybridized carbons (Fsp3) is 0.526. The molecule has 1 aliphatic rings. The second kappa shape index (κ2) is 6.66. The Bertz CT molecular complexity index is 551. The molecule has 0 unspecified atom stereocenters. The Morgan fingerprint density at radius 3 is 2.18 bits per heavy atom. The van der Waals surface area contributed by atoms with Gasteiger partial charge < -0.3 is 9.47 Å². The third-order valence-electron chi connectivity index (χ3n) is 4.39. The molecule has 22 heavy (non-hydrogen) atoms. The Hall–Kier alpha value is -1.61. The summed E-state index contributed by atoms with van der Waals surface area (Å²) < 4.78 is 10.6. The third kappa shape index (κ3) is 3.77. The first-order valence-electron chi connectivity index (χ1n) is 7.74. The zero-order valence-corrected chi connectivity index (χ0v) is 14.2. The molecular formula is C19H26O3. The summed E-state index contributed by atoms with van der Waals surface area (Å²) in [5, 5.41) is 0. The van der Waals surface area contributed by atoms with Gasteiger partial charge in [0.15, 0.2) is 0 Å². The molecule has 0 spiro atoms. The number of allylic oxidation sites excluding steroid dienone is 2. The van der Waals surface area contributed by atoms with E-state index >= 15 is 0 Å². The van der Waals surface area contributed by atoms with E-state index in [1.54, 1.807) is 7.11 Å². The van der Waals surface area contributed by atoms with Crippen LogP contribution in [0.15, 0.2) is 35.9 Å². The van der Waals surface area contributed by atoms with Gasteiger partial charge in [-0.15, -0.1) is 0 Å². The Kier molecular flexibility index (Phi) is 5.07. The molecule has 2 rings (SSSR count). The van der Waals surface area contributed by atoms with Crippen LogP contribution in [0, 0.1) is 17.3 Å². The number of esters is 1. The molecular weight excluding hydrogens is 276 g/mol. The summed E-state index contributed by atoms with van der Waals surface area (Å²) in [6.07, 6.45) is 2.19. The minimum absolute atomic E-state index is 0.0106. The van der Waals surface area contributed by atoms with Crippen LogP contribution in [0.3, 0.4) is 0 Å². The van der Waals surface area contributed by atoms with Crippen LogP contribution >= 0.6 is 0 Å². The molecule has 2 atom stereocenters. The fourth-order valence-corrected chi connectivity index (χ4v) is 2.94. The van der Waals surface area contributed by atoms with Crippen LogP contribution in [0.25, 0.3) is 0 Å². The first-order valence-corrected chi connectivity index (χ1v) is 7.74. The highest BCUT2D eigenvalue weighted by Crippen LogP contribution is 2.59. The van der Waals surface area contributed by atoms with Crippen LogP contribution in [-0.4, -0.2) is 13.1 Å². The molecule has 0 radical (unpaired) electrons. The summed E-state index contributed by atoms with van der Waals surface area (Å²) in [5.41, 5.74) is 3.38. The van der Waals surface area contributed by atoms with Gasteiger partial charge in [-0.05, 0) is 36.3 Å². The molecule has 1 aromatic carbocycles. The van der Waals surface area contributed by atoms with Gasteiger partial charge in [-0.1, -0.05) is 49.8 Å². The maximum atomic E-state index is 12.3. The van der Waals surface area contributed by atoms with Crippen molar-refractivity contribution in [1.82, 2.24) is 0 Å². The summed E-state index contributed by atoms with van der Waals surface area (Å²) in [4.78, 5) is 12.3. The lowest BCUT2D eigenvalue weighted by molar-refractivity contribution is -0.147. The summed E-state index contributed by atoms with van der Waals surface area (Å²) in [5.74, 6) is 0.192. The first kappa shape index (κ1) is 16.8. The third-order valence-corrected chi connectivity index (χ3v) is 4.39. The van der Waals surface area contributed by atoms with E-state index in [2.05, 4.69) is 33.8 Å². The van der Waals surface area contributed by atoms with Crippen LogP contribution in [0.2, 0.25) is 0 Å². The molecule has 1 aromatic rings. The van der Waals surface area contributed by atoms with E-state index in [4.69, 9.17) is 9.47 Å². The molecule has 0 heterocycles. The highest BCUT2D eigenvalue weighted by atomic mass is 16.5. The smallest absolute Gasteiger partial charge is 0.310 e. The van der Waals surface area contributed by atoms with Crippen molar-refractivity contribution in [2.24, 2.45) is 17.3 Å². The molecule has 1 fully saturated rings. The normalized spacial score (nSPS) is 22.0. The van der Waals surface area contributed by atoms with Crippen molar-refractivity contribution in [3.8, 4) is 0 Å². The quantitative estimate of drug-likeness (QED) is 0.586. The van der Waals surface area contributed by atoms with E-state index in [1.165, 1.54) is 5.57 Å². The van der Waals surface area contributed by atoms with Crippen molar-refractivity contribution in [2.75, 3.05) is 7.11 Å². The SMILES string of the molecule is COCc1ccc(COC(=O)[C@H]2[C@H](C=C(C)C)C2(C)C)cc1. The molecule has 0 aromatic heterocycles. The largest absolute Gasteiger partial charge is 0.461 e. The van der Waals surface area contributed by atoms with Gasteiger partial charge in [-0.25, -0.2) is 0 Å². The van der Waals surface area contributed by atoms with E-state index in [9.17, 15) is 4.79 Å². The van der Waals surface area contributed by atoms with Crippen LogP contribution in [0.4, 0.5) is 0 Å². The lowest BCUT2D eigenvalue weighted by Gasteiger charge is -2.07. The van der Waals surface area contributed by atoms with Gasteiger partial charge in [0, 0.05) is 7.11 Å². The lowest BCUT2D eigenvalue weighted by Crippen LogP contribution is -2.10. The Morgan fingerprint density at radius 1 is 1.14 bits per heavy atom. The number of ether oxygens (including phenoxy) is 2. The van der Waals surface area contributed by atoms with E-state index < -0.39 is 0 Å². The number of carbonyl (C=O) groups excluding carboxylic acids is 1. The molecule has 1 aliphatic carbocycles. The average molecular weight is 302 g/mol. The van der Waals surface area contributed by atoms with Crippen LogP contribution < -0.4 is 0 Å². The molecule has 120 valence electrons. The number of methoxy groups -OCH3 is 1. The number of rotatable bonds is 6. The topological polar surface area (TPSA) is 35.5 Å². The second-order valence-corrected chi connectivity index (χ2v) is 6.93. The summed E-state index contributed by atoms with van der Waals surface area (Å²) in [6.45, 7) is 9.32. The van der Waals surface area contributed by atoms with Gasteiger partial charge in [-0.2, -0.15) is 0 Å². The number of hydrogen-bond donors (Lipinski definition) is 0. The number of carbonyl (C=O) groups is 1. The fourth-order valence-electron chi connectivity index (χ4n) is 2.94. The lowest BCUT2D eigenvalue weighted by atomic mass is 10.1. The average Bonchev–Trinajstić information content (AvgIpc) is 2.98. The summed E-state index contributed by atoms with van der Waals surface area (Å²) in [6, 6.07) is 7.96. The maximum absolute atomic E-state index is 12.3.